The maximum Gasteiger partial charge on any atom is 0.327 e. The summed E-state index contributed by atoms with van der Waals surface area (Å²) < 4.78 is 0. The van der Waals surface area contributed by atoms with Gasteiger partial charge in [0.05, 0.1) is 12.5 Å². The first-order chi connectivity index (χ1) is 14.3. The summed E-state index contributed by atoms with van der Waals surface area (Å²) in [6.45, 7) is 7.17. The van der Waals surface area contributed by atoms with E-state index in [1.165, 1.54) is 0 Å². The van der Waals surface area contributed by atoms with Gasteiger partial charge in [0.2, 0.25) is 17.7 Å². The van der Waals surface area contributed by atoms with Crippen LogP contribution in [0.3, 0.4) is 0 Å². The smallest absolute Gasteiger partial charge is 0.327 e. The molecule has 0 heterocycles. The van der Waals surface area contributed by atoms with Crippen molar-refractivity contribution in [2.24, 2.45) is 17.6 Å². The molecular formula is C19H34N4O7S. The summed E-state index contributed by atoms with van der Waals surface area (Å²) in [5.41, 5.74) is 5.85. The van der Waals surface area contributed by atoms with Gasteiger partial charge in [0.1, 0.15) is 18.1 Å². The monoisotopic (exact) mass is 462 g/mol. The Labute approximate surface area is 187 Å². The van der Waals surface area contributed by atoms with Crippen molar-refractivity contribution in [1.82, 2.24) is 16.0 Å². The summed E-state index contributed by atoms with van der Waals surface area (Å²) in [6, 6.07) is -4.78. The van der Waals surface area contributed by atoms with Crippen molar-refractivity contribution >= 4 is 42.3 Å². The van der Waals surface area contributed by atoms with Crippen molar-refractivity contribution < 1.29 is 34.2 Å². The Balaban J connectivity index is 5.48. The molecule has 0 aliphatic heterocycles. The third-order valence-electron chi connectivity index (χ3n) is 4.71. The molecule has 31 heavy (non-hydrogen) atoms. The normalized spacial score (nSPS) is 15.8. The van der Waals surface area contributed by atoms with Gasteiger partial charge in [-0.1, -0.05) is 34.1 Å². The molecule has 0 rings (SSSR count). The van der Waals surface area contributed by atoms with E-state index in [2.05, 4.69) is 28.6 Å². The number of amides is 3. The first kappa shape index (κ1) is 28.7. The second-order valence-electron chi connectivity index (χ2n) is 7.84. The van der Waals surface area contributed by atoms with Gasteiger partial charge in [-0.3, -0.25) is 19.2 Å². The van der Waals surface area contributed by atoms with Crippen LogP contribution in [-0.4, -0.2) is 69.8 Å². The molecule has 5 unspecified atom stereocenters. The van der Waals surface area contributed by atoms with Crippen LogP contribution in [0.15, 0.2) is 0 Å². The van der Waals surface area contributed by atoms with E-state index in [0.717, 1.165) is 0 Å². The van der Waals surface area contributed by atoms with Crippen molar-refractivity contribution in [2.75, 3.05) is 5.75 Å². The number of rotatable bonds is 14. The van der Waals surface area contributed by atoms with E-state index in [4.69, 9.17) is 15.9 Å². The number of carboxylic acids is 2. The van der Waals surface area contributed by atoms with Gasteiger partial charge in [0.15, 0.2) is 0 Å². The van der Waals surface area contributed by atoms with Crippen LogP contribution in [-0.2, 0) is 24.0 Å². The highest BCUT2D eigenvalue weighted by Crippen LogP contribution is 2.09. The van der Waals surface area contributed by atoms with Crippen LogP contribution < -0.4 is 21.7 Å². The van der Waals surface area contributed by atoms with Crippen molar-refractivity contribution in [2.45, 2.75) is 71.1 Å². The molecule has 5 atom stereocenters. The lowest BCUT2D eigenvalue weighted by Gasteiger charge is -2.26. The first-order valence-electron chi connectivity index (χ1n) is 10.1. The van der Waals surface area contributed by atoms with E-state index in [0.29, 0.717) is 6.42 Å². The molecular weight excluding hydrogens is 428 g/mol. The predicted molar refractivity (Wildman–Crippen MR) is 116 cm³/mol. The molecule has 0 aromatic carbocycles. The molecule has 0 saturated heterocycles. The van der Waals surface area contributed by atoms with Gasteiger partial charge >= 0.3 is 11.9 Å². The van der Waals surface area contributed by atoms with E-state index >= 15 is 0 Å². The lowest BCUT2D eigenvalue weighted by atomic mass is 9.98. The molecule has 11 nitrogen and oxygen atoms in total. The average Bonchev–Trinajstić information content (AvgIpc) is 2.68. The van der Waals surface area contributed by atoms with Gasteiger partial charge in [-0.05, 0) is 18.3 Å². The number of hydrogen-bond donors (Lipinski definition) is 7. The number of thiol groups is 1. The number of carbonyl (C=O) groups is 5. The SMILES string of the molecule is CCC(C)C(N)C(=O)NC(CC(=O)O)C(=O)NC(CC(C)C)C(=O)NC(CS)C(=O)O. The molecule has 0 bridgehead atoms. The van der Waals surface area contributed by atoms with E-state index in [9.17, 15) is 24.0 Å². The summed E-state index contributed by atoms with van der Waals surface area (Å²) in [7, 11) is 0. The Morgan fingerprint density at radius 3 is 1.77 bits per heavy atom. The van der Waals surface area contributed by atoms with Crippen LogP contribution in [0.4, 0.5) is 0 Å². The van der Waals surface area contributed by atoms with Crippen molar-refractivity contribution in [3.8, 4) is 0 Å². The molecule has 0 aromatic rings. The Morgan fingerprint density at radius 1 is 0.871 bits per heavy atom. The predicted octanol–water partition coefficient (Wildman–Crippen LogP) is -0.651. The summed E-state index contributed by atoms with van der Waals surface area (Å²) in [4.78, 5) is 59.9. The van der Waals surface area contributed by atoms with Gasteiger partial charge < -0.3 is 31.9 Å². The topological polar surface area (TPSA) is 188 Å². The summed E-state index contributed by atoms with van der Waals surface area (Å²) in [5.74, 6) is -5.33. The zero-order valence-corrected chi connectivity index (χ0v) is 19.1. The highest BCUT2D eigenvalue weighted by atomic mass is 32.1. The molecule has 7 N–H and O–H groups in total. The summed E-state index contributed by atoms with van der Waals surface area (Å²) in [5, 5.41) is 25.3. The zero-order chi connectivity index (χ0) is 24.3. The van der Waals surface area contributed by atoms with Crippen molar-refractivity contribution in [1.29, 1.82) is 0 Å². The molecule has 178 valence electrons. The van der Waals surface area contributed by atoms with Crippen LogP contribution in [0.1, 0.15) is 47.0 Å². The van der Waals surface area contributed by atoms with E-state index < -0.39 is 60.2 Å². The third kappa shape index (κ3) is 10.5. The maximum atomic E-state index is 12.7. The van der Waals surface area contributed by atoms with Gasteiger partial charge in [0.25, 0.3) is 0 Å². The number of nitrogens with one attached hydrogen (secondary N) is 3. The van der Waals surface area contributed by atoms with Crippen molar-refractivity contribution in [3.63, 3.8) is 0 Å². The van der Waals surface area contributed by atoms with Crippen LogP contribution in [0.25, 0.3) is 0 Å². The van der Waals surface area contributed by atoms with Crippen molar-refractivity contribution in [3.05, 3.63) is 0 Å². The molecule has 0 saturated carbocycles. The fourth-order valence-corrected chi connectivity index (χ4v) is 2.84. The molecule has 0 fully saturated rings. The lowest BCUT2D eigenvalue weighted by molar-refractivity contribution is -0.143. The summed E-state index contributed by atoms with van der Waals surface area (Å²) >= 11 is 3.88. The molecule has 0 aliphatic rings. The molecule has 0 aliphatic carbocycles. The number of carboxylic acid groups (broad SMARTS) is 2. The highest BCUT2D eigenvalue weighted by molar-refractivity contribution is 7.80. The van der Waals surface area contributed by atoms with Gasteiger partial charge in [-0.25, -0.2) is 4.79 Å². The maximum absolute atomic E-state index is 12.7. The fraction of sp³-hybridized carbons (Fsp3) is 0.737. The van der Waals surface area contributed by atoms with Gasteiger partial charge in [-0.2, -0.15) is 12.6 Å². The second kappa shape index (κ2) is 13.9. The third-order valence-corrected chi connectivity index (χ3v) is 5.07. The van der Waals surface area contributed by atoms with Crippen LogP contribution in [0.2, 0.25) is 0 Å². The number of aliphatic carboxylic acids is 2. The number of hydrogen-bond acceptors (Lipinski definition) is 7. The minimum absolute atomic E-state index is 0.0540. The first-order valence-corrected chi connectivity index (χ1v) is 10.7. The molecule has 3 amide bonds. The molecule has 0 aromatic heterocycles. The Bertz CT molecular complexity index is 659. The average molecular weight is 463 g/mol. The number of carbonyl (C=O) groups excluding carboxylic acids is 3. The minimum Gasteiger partial charge on any atom is -0.481 e. The number of nitrogens with two attached hydrogens (primary N) is 1. The Kier molecular flexibility index (Phi) is 12.8. The molecule has 12 heteroatoms. The quantitative estimate of drug-likeness (QED) is 0.166. The van der Waals surface area contributed by atoms with Gasteiger partial charge in [0, 0.05) is 5.75 Å². The standard InChI is InChI=1S/C19H34N4O7S/c1-5-10(4)15(20)18(28)22-12(7-14(24)25)17(27)21-11(6-9(2)3)16(26)23-13(8-31)19(29)30/h9-13,15,31H,5-8,20H2,1-4H3,(H,21,27)(H,22,28)(H,23,26)(H,24,25)(H,29,30). The van der Waals surface area contributed by atoms with E-state index in [1.54, 1.807) is 20.8 Å². The fourth-order valence-electron chi connectivity index (χ4n) is 2.60. The van der Waals surface area contributed by atoms with Gasteiger partial charge in [-0.15, -0.1) is 0 Å². The van der Waals surface area contributed by atoms with Crippen LogP contribution in [0.5, 0.6) is 0 Å². The van der Waals surface area contributed by atoms with E-state index in [-0.39, 0.29) is 24.0 Å². The Hall–Kier alpha value is -2.34. The van der Waals surface area contributed by atoms with Crippen LogP contribution >= 0.6 is 12.6 Å². The highest BCUT2D eigenvalue weighted by Gasteiger charge is 2.32. The van der Waals surface area contributed by atoms with E-state index in [1.807, 2.05) is 6.92 Å². The molecule has 0 spiro atoms. The molecule has 0 radical (unpaired) electrons. The second-order valence-corrected chi connectivity index (χ2v) is 8.21. The van der Waals surface area contributed by atoms with Crippen LogP contribution in [0, 0.1) is 11.8 Å². The zero-order valence-electron chi connectivity index (χ0n) is 18.3. The minimum atomic E-state index is -1.46. The Morgan fingerprint density at radius 2 is 1.35 bits per heavy atom. The lowest BCUT2D eigenvalue weighted by Crippen LogP contribution is -2.58. The largest absolute Gasteiger partial charge is 0.481 e. The summed E-state index contributed by atoms with van der Waals surface area (Å²) in [6.07, 6.45) is 0.0582.